The van der Waals surface area contributed by atoms with Gasteiger partial charge in [0.15, 0.2) is 5.67 Å². The number of amides is 1. The van der Waals surface area contributed by atoms with Crippen molar-refractivity contribution in [2.24, 2.45) is 0 Å². The second-order valence-corrected chi connectivity index (χ2v) is 8.47. The van der Waals surface area contributed by atoms with Crippen LogP contribution < -0.4 is 0 Å². The van der Waals surface area contributed by atoms with Gasteiger partial charge in [-0.3, -0.25) is 0 Å². The lowest BCUT2D eigenvalue weighted by Crippen LogP contribution is -2.58. The Morgan fingerprint density at radius 3 is 2.13 bits per heavy atom. The number of carbonyl (C=O) groups is 1. The highest BCUT2D eigenvalue weighted by Crippen LogP contribution is 2.52. The van der Waals surface area contributed by atoms with E-state index < -0.39 is 30.0 Å². The SMILES string of the molecule is O=C(O)N1CC(F)(c2ccc(C3=COC(c4cc(Cl)cc(Cl)c4)(C(F)(F)F)C3)cc2)C1. The van der Waals surface area contributed by atoms with Gasteiger partial charge in [0.1, 0.15) is 0 Å². The number of alkyl halides is 4. The van der Waals surface area contributed by atoms with E-state index in [0.717, 1.165) is 11.2 Å². The molecule has 31 heavy (non-hydrogen) atoms. The van der Waals surface area contributed by atoms with Gasteiger partial charge < -0.3 is 14.7 Å². The van der Waals surface area contributed by atoms with Gasteiger partial charge in [-0.1, -0.05) is 47.5 Å². The molecule has 4 nitrogen and oxygen atoms in total. The summed E-state index contributed by atoms with van der Waals surface area (Å²) >= 11 is 11.8. The Labute approximate surface area is 184 Å². The molecule has 10 heteroatoms. The molecule has 2 aromatic rings. The third-order valence-corrected chi connectivity index (χ3v) is 5.99. The number of carboxylic acid groups (broad SMARTS) is 1. The highest BCUT2D eigenvalue weighted by atomic mass is 35.5. The normalized spacial score (nSPS) is 22.5. The maximum absolute atomic E-state index is 14.8. The lowest BCUT2D eigenvalue weighted by Gasteiger charge is -2.42. The fourth-order valence-electron chi connectivity index (χ4n) is 3.84. The van der Waals surface area contributed by atoms with Crippen LogP contribution in [0.15, 0.2) is 48.7 Å². The summed E-state index contributed by atoms with van der Waals surface area (Å²) in [7, 11) is 0. The quantitative estimate of drug-likeness (QED) is 0.524. The number of benzene rings is 2. The van der Waals surface area contributed by atoms with Crippen molar-refractivity contribution in [2.45, 2.75) is 23.9 Å². The van der Waals surface area contributed by atoms with Crippen molar-refractivity contribution in [1.82, 2.24) is 4.90 Å². The Kier molecular flexibility index (Phi) is 5.13. The van der Waals surface area contributed by atoms with Gasteiger partial charge in [0, 0.05) is 22.0 Å². The average molecular weight is 476 g/mol. The molecule has 4 rings (SSSR count). The first-order valence-electron chi connectivity index (χ1n) is 9.11. The van der Waals surface area contributed by atoms with E-state index >= 15 is 0 Å². The number of halogens is 6. The number of rotatable bonds is 3. The lowest BCUT2D eigenvalue weighted by molar-refractivity contribution is -0.260. The number of nitrogens with zero attached hydrogens (tertiary/aromatic N) is 1. The third kappa shape index (κ3) is 3.72. The zero-order valence-corrected chi connectivity index (χ0v) is 17.2. The Morgan fingerprint density at radius 1 is 1.03 bits per heavy atom. The van der Waals surface area contributed by atoms with E-state index in [4.69, 9.17) is 33.0 Å². The van der Waals surface area contributed by atoms with Crippen LogP contribution in [0, 0.1) is 0 Å². The largest absolute Gasteiger partial charge is 0.480 e. The molecule has 0 aliphatic carbocycles. The van der Waals surface area contributed by atoms with E-state index in [-0.39, 0.29) is 39.8 Å². The standard InChI is InChI=1S/C21H15Cl2F4NO3/c22-16-5-15(6-17(23)7-16)20(21(25,26)27)8-13(9-31-20)12-1-3-14(4-2-12)19(24)10-28(11-19)18(29)30/h1-7,9H,8,10-11H2,(H,29,30). The molecule has 1 amide bonds. The summed E-state index contributed by atoms with van der Waals surface area (Å²) in [5.41, 5.74) is -3.71. The summed E-state index contributed by atoms with van der Waals surface area (Å²) in [6, 6.07) is 9.53. The molecule has 0 aromatic heterocycles. The predicted molar refractivity (Wildman–Crippen MR) is 107 cm³/mol. The number of hydrogen-bond acceptors (Lipinski definition) is 2. The summed E-state index contributed by atoms with van der Waals surface area (Å²) < 4.78 is 62.3. The highest BCUT2D eigenvalue weighted by Gasteiger charge is 2.60. The molecule has 0 saturated carbocycles. The number of ether oxygens (including phenoxy) is 1. The van der Waals surface area contributed by atoms with Gasteiger partial charge in [-0.15, -0.1) is 0 Å². The van der Waals surface area contributed by atoms with Crippen molar-refractivity contribution in [2.75, 3.05) is 13.1 Å². The molecular weight excluding hydrogens is 461 g/mol. The van der Waals surface area contributed by atoms with Crippen molar-refractivity contribution >= 4 is 34.9 Å². The second kappa shape index (κ2) is 7.31. The number of hydrogen-bond donors (Lipinski definition) is 1. The molecule has 2 heterocycles. The monoisotopic (exact) mass is 475 g/mol. The Balaban J connectivity index is 1.59. The lowest BCUT2D eigenvalue weighted by atomic mass is 9.84. The van der Waals surface area contributed by atoms with Crippen LogP contribution in [0.5, 0.6) is 0 Å². The molecular formula is C21H15Cl2F4NO3. The van der Waals surface area contributed by atoms with Crippen molar-refractivity contribution < 1.29 is 32.2 Å². The fraction of sp³-hybridized carbons (Fsp3) is 0.286. The molecule has 2 aliphatic heterocycles. The third-order valence-electron chi connectivity index (χ3n) is 5.56. The van der Waals surface area contributed by atoms with Gasteiger partial charge in [-0.25, -0.2) is 9.18 Å². The highest BCUT2D eigenvalue weighted by molar-refractivity contribution is 6.34. The van der Waals surface area contributed by atoms with Gasteiger partial charge in [0.05, 0.1) is 19.4 Å². The van der Waals surface area contributed by atoms with Crippen molar-refractivity contribution in [3.63, 3.8) is 0 Å². The summed E-state index contributed by atoms with van der Waals surface area (Å²) in [6.07, 6.45) is -5.44. The van der Waals surface area contributed by atoms with Crippen LogP contribution in [0.2, 0.25) is 10.0 Å². The van der Waals surface area contributed by atoms with Gasteiger partial charge in [0.2, 0.25) is 5.60 Å². The summed E-state index contributed by atoms with van der Waals surface area (Å²) in [5, 5.41) is 8.98. The molecule has 2 aliphatic rings. The minimum Gasteiger partial charge on any atom is -0.480 e. The fourth-order valence-corrected chi connectivity index (χ4v) is 4.37. The smallest absolute Gasteiger partial charge is 0.432 e. The van der Waals surface area contributed by atoms with Crippen LogP contribution in [0.4, 0.5) is 22.4 Å². The van der Waals surface area contributed by atoms with E-state index in [0.29, 0.717) is 5.56 Å². The molecule has 1 fully saturated rings. The molecule has 0 bridgehead atoms. The van der Waals surface area contributed by atoms with Crippen LogP contribution in [-0.4, -0.2) is 35.4 Å². The Bertz CT molecular complexity index is 1050. The van der Waals surface area contributed by atoms with Crippen LogP contribution in [0.3, 0.4) is 0 Å². The molecule has 0 radical (unpaired) electrons. The minimum absolute atomic E-state index is 0.0525. The van der Waals surface area contributed by atoms with E-state index in [1.54, 1.807) is 0 Å². The van der Waals surface area contributed by atoms with E-state index in [1.165, 1.54) is 42.5 Å². The van der Waals surface area contributed by atoms with Gasteiger partial charge >= 0.3 is 12.3 Å². The maximum Gasteiger partial charge on any atom is 0.432 e. The first-order valence-corrected chi connectivity index (χ1v) is 9.87. The van der Waals surface area contributed by atoms with Gasteiger partial charge in [-0.2, -0.15) is 13.2 Å². The van der Waals surface area contributed by atoms with Gasteiger partial charge in [-0.05, 0) is 34.9 Å². The summed E-state index contributed by atoms with van der Waals surface area (Å²) in [4.78, 5) is 11.8. The molecule has 1 atom stereocenters. The average Bonchev–Trinajstić information content (AvgIpc) is 3.11. The first-order chi connectivity index (χ1) is 14.4. The van der Waals surface area contributed by atoms with Crippen molar-refractivity contribution in [3.05, 3.63) is 75.5 Å². The molecule has 1 unspecified atom stereocenters. The summed E-state index contributed by atoms with van der Waals surface area (Å²) in [5.74, 6) is 0. The maximum atomic E-state index is 14.8. The van der Waals surface area contributed by atoms with E-state index in [2.05, 4.69) is 0 Å². The van der Waals surface area contributed by atoms with Crippen molar-refractivity contribution in [3.8, 4) is 0 Å². The zero-order valence-electron chi connectivity index (χ0n) is 15.7. The Morgan fingerprint density at radius 2 is 1.61 bits per heavy atom. The van der Waals surface area contributed by atoms with Crippen molar-refractivity contribution in [1.29, 1.82) is 0 Å². The van der Waals surface area contributed by atoms with Crippen LogP contribution in [-0.2, 0) is 16.0 Å². The predicted octanol–water partition coefficient (Wildman–Crippen LogP) is 6.37. The molecule has 1 N–H and O–H groups in total. The molecule has 1 saturated heterocycles. The summed E-state index contributed by atoms with van der Waals surface area (Å²) in [6.45, 7) is -0.583. The van der Waals surface area contributed by atoms with E-state index in [9.17, 15) is 22.4 Å². The van der Waals surface area contributed by atoms with Crippen LogP contribution in [0.25, 0.3) is 5.57 Å². The number of likely N-dealkylation sites (tertiary alicyclic amines) is 1. The van der Waals surface area contributed by atoms with Crippen LogP contribution in [0.1, 0.15) is 23.1 Å². The molecule has 0 spiro atoms. The Hall–Kier alpha value is -2.45. The van der Waals surface area contributed by atoms with Gasteiger partial charge in [0.25, 0.3) is 0 Å². The minimum atomic E-state index is -4.76. The molecule has 2 aromatic carbocycles. The topological polar surface area (TPSA) is 49.8 Å². The molecule has 164 valence electrons. The van der Waals surface area contributed by atoms with E-state index in [1.807, 2.05) is 0 Å². The zero-order chi connectivity index (χ0) is 22.6. The second-order valence-electron chi connectivity index (χ2n) is 7.60. The van der Waals surface area contributed by atoms with Crippen LogP contribution >= 0.6 is 23.2 Å². The first kappa shape index (κ1) is 21.8.